The van der Waals surface area contributed by atoms with Gasteiger partial charge in [0.25, 0.3) is 0 Å². The van der Waals surface area contributed by atoms with Crippen molar-refractivity contribution in [3.63, 3.8) is 0 Å². The number of carboxylic acids is 1. The SMILES string of the molecule is COc1ccc(C)cc1[C@@H](C)NC(=O)N1CCC(C(=O)O)C1. The van der Waals surface area contributed by atoms with E-state index in [1.54, 1.807) is 12.0 Å². The molecule has 1 saturated heterocycles. The monoisotopic (exact) mass is 306 g/mol. The number of likely N-dealkylation sites (tertiary alicyclic amines) is 1. The van der Waals surface area contributed by atoms with Gasteiger partial charge in [-0.2, -0.15) is 0 Å². The molecule has 1 aliphatic heterocycles. The van der Waals surface area contributed by atoms with Crippen molar-refractivity contribution in [1.82, 2.24) is 10.2 Å². The van der Waals surface area contributed by atoms with E-state index < -0.39 is 11.9 Å². The van der Waals surface area contributed by atoms with Gasteiger partial charge in [0.05, 0.1) is 19.1 Å². The first kappa shape index (κ1) is 16.1. The Kier molecular flexibility index (Phi) is 4.90. The summed E-state index contributed by atoms with van der Waals surface area (Å²) in [6.45, 7) is 4.61. The number of benzene rings is 1. The Balaban J connectivity index is 2.03. The van der Waals surface area contributed by atoms with Crippen LogP contribution in [0.2, 0.25) is 0 Å². The number of urea groups is 1. The average molecular weight is 306 g/mol. The van der Waals surface area contributed by atoms with Crippen molar-refractivity contribution in [2.45, 2.75) is 26.3 Å². The predicted molar refractivity (Wildman–Crippen MR) is 82.0 cm³/mol. The van der Waals surface area contributed by atoms with E-state index in [4.69, 9.17) is 9.84 Å². The summed E-state index contributed by atoms with van der Waals surface area (Å²) in [5.74, 6) is -0.582. The summed E-state index contributed by atoms with van der Waals surface area (Å²) < 4.78 is 5.33. The van der Waals surface area contributed by atoms with Crippen LogP contribution in [0.1, 0.15) is 30.5 Å². The van der Waals surface area contributed by atoms with Gasteiger partial charge in [0.1, 0.15) is 5.75 Å². The number of hydrogen-bond donors (Lipinski definition) is 2. The minimum atomic E-state index is -0.844. The number of nitrogens with one attached hydrogen (secondary N) is 1. The number of amides is 2. The highest BCUT2D eigenvalue weighted by atomic mass is 16.5. The van der Waals surface area contributed by atoms with E-state index in [1.165, 1.54) is 0 Å². The maximum absolute atomic E-state index is 12.3. The lowest BCUT2D eigenvalue weighted by molar-refractivity contribution is -0.141. The van der Waals surface area contributed by atoms with Crippen molar-refractivity contribution >= 4 is 12.0 Å². The van der Waals surface area contributed by atoms with E-state index in [9.17, 15) is 9.59 Å². The molecule has 0 saturated carbocycles. The molecule has 2 atom stereocenters. The highest BCUT2D eigenvalue weighted by Gasteiger charge is 2.31. The van der Waals surface area contributed by atoms with E-state index >= 15 is 0 Å². The molecule has 2 N–H and O–H groups in total. The second kappa shape index (κ2) is 6.68. The van der Waals surface area contributed by atoms with E-state index in [1.807, 2.05) is 32.0 Å². The fourth-order valence-electron chi connectivity index (χ4n) is 2.69. The maximum atomic E-state index is 12.3. The molecular formula is C16H22N2O4. The van der Waals surface area contributed by atoms with E-state index in [0.29, 0.717) is 13.0 Å². The van der Waals surface area contributed by atoms with Crippen molar-refractivity contribution in [1.29, 1.82) is 0 Å². The fourth-order valence-corrected chi connectivity index (χ4v) is 2.69. The van der Waals surface area contributed by atoms with Gasteiger partial charge in [0, 0.05) is 18.7 Å². The van der Waals surface area contributed by atoms with Crippen LogP contribution in [0.15, 0.2) is 18.2 Å². The Morgan fingerprint density at radius 1 is 1.45 bits per heavy atom. The summed E-state index contributed by atoms with van der Waals surface area (Å²) in [6.07, 6.45) is 0.505. The van der Waals surface area contributed by atoms with Gasteiger partial charge in [-0.15, -0.1) is 0 Å². The topological polar surface area (TPSA) is 78.9 Å². The zero-order valence-corrected chi connectivity index (χ0v) is 13.1. The highest BCUT2D eigenvalue weighted by Crippen LogP contribution is 2.26. The third-order valence-corrected chi connectivity index (χ3v) is 4.02. The number of rotatable bonds is 4. The molecule has 0 aromatic heterocycles. The van der Waals surface area contributed by atoms with Crippen LogP contribution in [-0.2, 0) is 4.79 Å². The molecule has 1 aromatic carbocycles. The number of nitrogens with zero attached hydrogens (tertiary/aromatic N) is 1. The van der Waals surface area contributed by atoms with Crippen LogP contribution in [0, 0.1) is 12.8 Å². The van der Waals surface area contributed by atoms with Crippen molar-refractivity contribution in [3.05, 3.63) is 29.3 Å². The molecule has 6 nitrogen and oxygen atoms in total. The smallest absolute Gasteiger partial charge is 0.317 e. The van der Waals surface area contributed by atoms with E-state index in [2.05, 4.69) is 5.32 Å². The number of hydrogen-bond acceptors (Lipinski definition) is 3. The van der Waals surface area contributed by atoms with Crippen molar-refractivity contribution in [2.24, 2.45) is 5.92 Å². The number of methoxy groups -OCH3 is 1. The minimum absolute atomic E-state index is 0.216. The average Bonchev–Trinajstić information content (AvgIpc) is 2.97. The summed E-state index contributed by atoms with van der Waals surface area (Å²) in [5.41, 5.74) is 1.99. The minimum Gasteiger partial charge on any atom is -0.496 e. The molecule has 1 unspecified atom stereocenters. The van der Waals surface area contributed by atoms with E-state index in [0.717, 1.165) is 16.9 Å². The predicted octanol–water partition coefficient (Wildman–Crippen LogP) is 2.18. The summed E-state index contributed by atoms with van der Waals surface area (Å²) in [4.78, 5) is 24.8. The Labute approximate surface area is 130 Å². The Bertz CT molecular complexity index is 573. The van der Waals surface area contributed by atoms with Crippen LogP contribution >= 0.6 is 0 Å². The maximum Gasteiger partial charge on any atom is 0.317 e. The molecule has 0 radical (unpaired) electrons. The largest absolute Gasteiger partial charge is 0.496 e. The van der Waals surface area contributed by atoms with Gasteiger partial charge < -0.3 is 20.1 Å². The first-order valence-electron chi connectivity index (χ1n) is 7.35. The third-order valence-electron chi connectivity index (χ3n) is 4.02. The number of aliphatic carboxylic acids is 1. The van der Waals surface area contributed by atoms with E-state index in [-0.39, 0.29) is 18.6 Å². The number of carboxylic acid groups (broad SMARTS) is 1. The van der Waals surface area contributed by atoms with Gasteiger partial charge in [0.15, 0.2) is 0 Å². The molecule has 1 heterocycles. The summed E-state index contributed by atoms with van der Waals surface area (Å²) in [6, 6.07) is 5.36. The summed E-state index contributed by atoms with van der Waals surface area (Å²) in [5, 5.41) is 11.9. The molecule has 0 aliphatic carbocycles. The number of carbonyl (C=O) groups is 2. The number of carbonyl (C=O) groups excluding carboxylic acids is 1. The lowest BCUT2D eigenvalue weighted by Gasteiger charge is -2.22. The van der Waals surface area contributed by atoms with Gasteiger partial charge in [-0.05, 0) is 26.3 Å². The third kappa shape index (κ3) is 3.50. The molecule has 0 bridgehead atoms. The summed E-state index contributed by atoms with van der Waals surface area (Å²) >= 11 is 0. The molecule has 0 spiro atoms. The molecule has 2 rings (SSSR count). The van der Waals surface area contributed by atoms with Crippen LogP contribution in [-0.4, -0.2) is 42.2 Å². The van der Waals surface area contributed by atoms with Crippen LogP contribution < -0.4 is 10.1 Å². The molecular weight excluding hydrogens is 284 g/mol. The molecule has 120 valence electrons. The van der Waals surface area contributed by atoms with Gasteiger partial charge in [-0.25, -0.2) is 4.79 Å². The van der Waals surface area contributed by atoms with Gasteiger partial charge in [-0.1, -0.05) is 17.7 Å². The highest BCUT2D eigenvalue weighted by molar-refractivity contribution is 5.77. The molecule has 6 heteroatoms. The molecule has 2 amide bonds. The molecule has 1 aromatic rings. The van der Waals surface area contributed by atoms with Crippen LogP contribution in [0.3, 0.4) is 0 Å². The summed E-state index contributed by atoms with van der Waals surface area (Å²) in [7, 11) is 1.60. The second-order valence-corrected chi connectivity index (χ2v) is 5.69. The lowest BCUT2D eigenvalue weighted by Crippen LogP contribution is -2.40. The van der Waals surface area contributed by atoms with Crippen molar-refractivity contribution in [3.8, 4) is 5.75 Å². The standard InChI is InChI=1S/C16H22N2O4/c1-10-4-5-14(22-3)13(8-10)11(2)17-16(21)18-7-6-12(9-18)15(19)20/h4-5,8,11-12H,6-7,9H2,1-3H3,(H,17,21)(H,19,20)/t11-,12?/m1/s1. The Morgan fingerprint density at radius 2 is 2.18 bits per heavy atom. The van der Waals surface area contributed by atoms with Gasteiger partial charge in [-0.3, -0.25) is 4.79 Å². The molecule has 1 aliphatic rings. The first-order chi connectivity index (χ1) is 10.4. The van der Waals surface area contributed by atoms with Crippen LogP contribution in [0.4, 0.5) is 4.79 Å². The normalized spacial score (nSPS) is 18.9. The molecule has 1 fully saturated rings. The number of ether oxygens (including phenoxy) is 1. The van der Waals surface area contributed by atoms with Crippen molar-refractivity contribution < 1.29 is 19.4 Å². The number of aryl methyl sites for hydroxylation is 1. The quantitative estimate of drug-likeness (QED) is 0.893. The zero-order valence-electron chi connectivity index (χ0n) is 13.1. The fraction of sp³-hybridized carbons (Fsp3) is 0.500. The Morgan fingerprint density at radius 3 is 2.77 bits per heavy atom. The van der Waals surface area contributed by atoms with Gasteiger partial charge >= 0.3 is 12.0 Å². The zero-order chi connectivity index (χ0) is 16.3. The molecule has 22 heavy (non-hydrogen) atoms. The van der Waals surface area contributed by atoms with Gasteiger partial charge in [0.2, 0.25) is 0 Å². The second-order valence-electron chi connectivity index (χ2n) is 5.69. The first-order valence-corrected chi connectivity index (χ1v) is 7.35. The van der Waals surface area contributed by atoms with Crippen LogP contribution in [0.5, 0.6) is 5.75 Å². The Hall–Kier alpha value is -2.24. The van der Waals surface area contributed by atoms with Crippen molar-refractivity contribution in [2.75, 3.05) is 20.2 Å². The lowest BCUT2D eigenvalue weighted by atomic mass is 10.0. The van der Waals surface area contributed by atoms with Crippen LogP contribution in [0.25, 0.3) is 0 Å².